The quantitative estimate of drug-likeness (QED) is 0.565. The molecule has 3 N–H and O–H groups in total. The summed E-state index contributed by atoms with van der Waals surface area (Å²) < 4.78 is 7.24. The molecule has 0 saturated heterocycles. The number of aromatic nitrogens is 3. The molecule has 0 aliphatic carbocycles. The van der Waals surface area contributed by atoms with Crippen molar-refractivity contribution in [2.24, 2.45) is 0 Å². The van der Waals surface area contributed by atoms with Gasteiger partial charge in [0.1, 0.15) is 5.75 Å². The van der Waals surface area contributed by atoms with Crippen molar-refractivity contribution in [1.29, 1.82) is 0 Å². The van der Waals surface area contributed by atoms with Crippen LogP contribution in [0.15, 0.2) is 48.5 Å². The van der Waals surface area contributed by atoms with Gasteiger partial charge in [0, 0.05) is 25.3 Å². The summed E-state index contributed by atoms with van der Waals surface area (Å²) in [4.78, 5) is 17.3. The van der Waals surface area contributed by atoms with Crippen LogP contribution in [0.5, 0.6) is 5.75 Å². The molecule has 29 heavy (non-hydrogen) atoms. The van der Waals surface area contributed by atoms with E-state index in [0.717, 1.165) is 35.7 Å². The Morgan fingerprint density at radius 2 is 1.86 bits per heavy atom. The van der Waals surface area contributed by atoms with Gasteiger partial charge >= 0.3 is 0 Å². The molecule has 1 amide bonds. The Hall–Kier alpha value is -3.55. The van der Waals surface area contributed by atoms with E-state index in [1.807, 2.05) is 48.5 Å². The van der Waals surface area contributed by atoms with E-state index in [2.05, 4.69) is 22.3 Å². The molecule has 152 valence electrons. The number of ether oxygens (including phenoxy) is 1. The van der Waals surface area contributed by atoms with Crippen molar-refractivity contribution in [2.75, 3.05) is 29.6 Å². The van der Waals surface area contributed by atoms with Crippen LogP contribution in [0, 0.1) is 0 Å². The summed E-state index contributed by atoms with van der Waals surface area (Å²) in [6, 6.07) is 15.0. The Balaban J connectivity index is 1.69. The molecule has 0 bridgehead atoms. The third-order valence-electron chi connectivity index (χ3n) is 4.46. The molecule has 8 nitrogen and oxygen atoms in total. The van der Waals surface area contributed by atoms with E-state index in [1.165, 1.54) is 6.92 Å². The molecule has 0 aliphatic rings. The lowest BCUT2D eigenvalue weighted by molar-refractivity contribution is -0.116. The molecule has 0 saturated carbocycles. The summed E-state index contributed by atoms with van der Waals surface area (Å²) in [6.45, 7) is 4.36. The van der Waals surface area contributed by atoms with Crippen LogP contribution in [0.2, 0.25) is 0 Å². The fourth-order valence-corrected chi connectivity index (χ4v) is 2.66. The van der Waals surface area contributed by atoms with Crippen LogP contribution in [-0.4, -0.2) is 34.3 Å². The molecule has 8 heteroatoms. The summed E-state index contributed by atoms with van der Waals surface area (Å²) >= 11 is 0. The van der Waals surface area contributed by atoms with Gasteiger partial charge in [-0.25, -0.2) is 0 Å². The van der Waals surface area contributed by atoms with Crippen molar-refractivity contribution < 1.29 is 9.53 Å². The largest absolute Gasteiger partial charge is 0.494 e. The Bertz CT molecular complexity index is 950. The SMILES string of the molecule is CCCCOc1ccc(-n2nc(Nc3ccc(N(C)C(C)=O)cc3)nc2N)cc1. The number of rotatable bonds is 8. The molecule has 1 aromatic heterocycles. The minimum absolute atomic E-state index is 0.0272. The number of amides is 1. The van der Waals surface area contributed by atoms with Crippen molar-refractivity contribution in [1.82, 2.24) is 14.8 Å². The number of nitrogens with one attached hydrogen (secondary N) is 1. The van der Waals surface area contributed by atoms with Gasteiger partial charge in [-0.2, -0.15) is 9.67 Å². The van der Waals surface area contributed by atoms with Crippen LogP contribution in [0.3, 0.4) is 0 Å². The molecular weight excluding hydrogens is 368 g/mol. The second kappa shape index (κ2) is 9.09. The second-order valence-electron chi connectivity index (χ2n) is 6.65. The molecule has 0 aliphatic heterocycles. The highest BCUT2D eigenvalue weighted by atomic mass is 16.5. The van der Waals surface area contributed by atoms with Crippen molar-refractivity contribution in [2.45, 2.75) is 26.7 Å². The van der Waals surface area contributed by atoms with Gasteiger partial charge in [0.05, 0.1) is 12.3 Å². The highest BCUT2D eigenvalue weighted by molar-refractivity contribution is 5.91. The molecule has 2 aromatic carbocycles. The first-order chi connectivity index (χ1) is 14.0. The first kappa shape index (κ1) is 20.2. The molecule has 3 aromatic rings. The van der Waals surface area contributed by atoms with Gasteiger partial charge in [0.25, 0.3) is 0 Å². The van der Waals surface area contributed by atoms with Crippen LogP contribution < -0.4 is 20.7 Å². The lowest BCUT2D eigenvalue weighted by Crippen LogP contribution is -2.22. The van der Waals surface area contributed by atoms with E-state index >= 15 is 0 Å². The van der Waals surface area contributed by atoms with E-state index in [-0.39, 0.29) is 11.9 Å². The van der Waals surface area contributed by atoms with Crippen LogP contribution in [0.4, 0.5) is 23.3 Å². The topological polar surface area (TPSA) is 98.3 Å². The zero-order valence-corrected chi connectivity index (χ0v) is 16.9. The highest BCUT2D eigenvalue weighted by Crippen LogP contribution is 2.22. The number of benzene rings is 2. The number of nitrogens with two attached hydrogens (primary N) is 1. The molecule has 0 unspecified atom stereocenters. The zero-order valence-electron chi connectivity index (χ0n) is 16.9. The average molecular weight is 394 g/mol. The minimum Gasteiger partial charge on any atom is -0.494 e. The summed E-state index contributed by atoms with van der Waals surface area (Å²) in [5.41, 5.74) is 8.43. The molecule has 0 atom stereocenters. The van der Waals surface area contributed by atoms with Gasteiger partial charge in [-0.3, -0.25) is 4.79 Å². The van der Waals surface area contributed by atoms with Gasteiger partial charge in [-0.05, 0) is 55.0 Å². The Labute approximate surface area is 170 Å². The van der Waals surface area contributed by atoms with Gasteiger partial charge in [0.15, 0.2) is 0 Å². The fraction of sp³-hybridized carbons (Fsp3) is 0.286. The maximum Gasteiger partial charge on any atom is 0.248 e. The van der Waals surface area contributed by atoms with Crippen molar-refractivity contribution in [3.05, 3.63) is 48.5 Å². The maximum atomic E-state index is 11.4. The first-order valence-electron chi connectivity index (χ1n) is 9.55. The van der Waals surface area contributed by atoms with Gasteiger partial charge < -0.3 is 20.7 Å². The number of nitrogens with zero attached hydrogens (tertiary/aromatic N) is 4. The lowest BCUT2D eigenvalue weighted by atomic mass is 10.2. The van der Waals surface area contributed by atoms with E-state index in [9.17, 15) is 4.79 Å². The van der Waals surface area contributed by atoms with Gasteiger partial charge in [-0.15, -0.1) is 5.10 Å². The van der Waals surface area contributed by atoms with Crippen molar-refractivity contribution in [3.63, 3.8) is 0 Å². The number of nitrogen functional groups attached to an aromatic ring is 1. The van der Waals surface area contributed by atoms with Crippen LogP contribution in [-0.2, 0) is 4.79 Å². The first-order valence-corrected chi connectivity index (χ1v) is 9.55. The summed E-state index contributed by atoms with van der Waals surface area (Å²) in [7, 11) is 1.73. The summed E-state index contributed by atoms with van der Waals surface area (Å²) in [5.74, 6) is 1.45. The highest BCUT2D eigenvalue weighted by Gasteiger charge is 2.10. The predicted octanol–water partition coefficient (Wildman–Crippen LogP) is 3.75. The zero-order chi connectivity index (χ0) is 20.8. The Morgan fingerprint density at radius 3 is 2.48 bits per heavy atom. The number of anilines is 4. The lowest BCUT2D eigenvalue weighted by Gasteiger charge is -2.15. The maximum absolute atomic E-state index is 11.4. The Kier molecular flexibility index (Phi) is 6.33. The van der Waals surface area contributed by atoms with E-state index in [4.69, 9.17) is 10.5 Å². The third kappa shape index (κ3) is 5.04. The van der Waals surface area contributed by atoms with E-state index in [0.29, 0.717) is 12.6 Å². The van der Waals surface area contributed by atoms with E-state index in [1.54, 1.807) is 16.6 Å². The number of carbonyl (C=O) groups is 1. The van der Waals surface area contributed by atoms with Crippen molar-refractivity contribution in [3.8, 4) is 11.4 Å². The number of unbranched alkanes of at least 4 members (excludes halogenated alkanes) is 1. The van der Waals surface area contributed by atoms with Gasteiger partial charge in [-0.1, -0.05) is 13.3 Å². The fourth-order valence-electron chi connectivity index (χ4n) is 2.66. The van der Waals surface area contributed by atoms with E-state index < -0.39 is 0 Å². The standard InChI is InChI=1S/C21H26N6O2/c1-4-5-14-29-19-12-10-18(11-13-19)27-20(22)24-21(25-27)23-16-6-8-17(9-7-16)26(3)15(2)28/h6-13H,4-5,14H2,1-3H3,(H3,22,23,24,25). The normalized spacial score (nSPS) is 10.6. The van der Waals surface area contributed by atoms with Crippen molar-refractivity contribution >= 4 is 29.2 Å². The molecule has 0 spiro atoms. The van der Waals surface area contributed by atoms with Crippen LogP contribution in [0.1, 0.15) is 26.7 Å². The average Bonchev–Trinajstić information content (AvgIpc) is 3.08. The smallest absolute Gasteiger partial charge is 0.248 e. The monoisotopic (exact) mass is 394 g/mol. The molecule has 0 fully saturated rings. The van der Waals surface area contributed by atoms with Crippen LogP contribution >= 0.6 is 0 Å². The molecule has 3 rings (SSSR count). The minimum atomic E-state index is -0.0272. The van der Waals surface area contributed by atoms with Crippen LogP contribution in [0.25, 0.3) is 5.69 Å². The molecule has 1 heterocycles. The molecular formula is C21H26N6O2. The summed E-state index contributed by atoms with van der Waals surface area (Å²) in [6.07, 6.45) is 2.12. The number of hydrogen-bond acceptors (Lipinski definition) is 6. The number of hydrogen-bond donors (Lipinski definition) is 2. The van der Waals surface area contributed by atoms with Gasteiger partial charge in [0.2, 0.25) is 17.8 Å². The predicted molar refractivity (Wildman–Crippen MR) is 115 cm³/mol. The second-order valence-corrected chi connectivity index (χ2v) is 6.65. The third-order valence-corrected chi connectivity index (χ3v) is 4.46. The Morgan fingerprint density at radius 1 is 1.17 bits per heavy atom. The summed E-state index contributed by atoms with van der Waals surface area (Å²) in [5, 5.41) is 7.56. The number of carbonyl (C=O) groups excluding carboxylic acids is 1. The molecule has 0 radical (unpaired) electrons.